The molecule has 28 heavy (non-hydrogen) atoms. The molecule has 0 aliphatic heterocycles. The molecule has 0 amide bonds. The molecule has 0 atom stereocenters. The second kappa shape index (κ2) is 8.66. The first-order valence-electron chi connectivity index (χ1n) is 8.79. The third kappa shape index (κ3) is 4.15. The van der Waals surface area contributed by atoms with Crippen molar-refractivity contribution in [1.29, 1.82) is 0 Å². The molecule has 4 rings (SSSR count). The van der Waals surface area contributed by atoms with Crippen LogP contribution in [0.1, 0.15) is 19.2 Å². The SMILES string of the molecule is CCCn1c(SCc2nc(-c3cccc(Br)c3)no2)nnc1-c1ccncc1. The van der Waals surface area contributed by atoms with Gasteiger partial charge in [-0.25, -0.2) is 0 Å². The lowest BCUT2D eigenvalue weighted by molar-refractivity contribution is 0.391. The molecule has 0 aliphatic carbocycles. The maximum Gasteiger partial charge on any atom is 0.237 e. The molecule has 3 heterocycles. The highest BCUT2D eigenvalue weighted by atomic mass is 79.9. The summed E-state index contributed by atoms with van der Waals surface area (Å²) in [6, 6.07) is 11.7. The Morgan fingerprint density at radius 2 is 1.96 bits per heavy atom. The maximum atomic E-state index is 5.41. The van der Waals surface area contributed by atoms with Crippen LogP contribution in [-0.4, -0.2) is 29.9 Å². The minimum absolute atomic E-state index is 0.527. The summed E-state index contributed by atoms with van der Waals surface area (Å²) in [5.74, 6) is 2.49. The van der Waals surface area contributed by atoms with Crippen LogP contribution in [0.3, 0.4) is 0 Å². The number of thioether (sulfide) groups is 1. The Morgan fingerprint density at radius 1 is 1.11 bits per heavy atom. The van der Waals surface area contributed by atoms with Crippen LogP contribution < -0.4 is 0 Å². The van der Waals surface area contributed by atoms with Gasteiger partial charge in [0.15, 0.2) is 11.0 Å². The van der Waals surface area contributed by atoms with Crippen molar-refractivity contribution in [3.8, 4) is 22.8 Å². The average Bonchev–Trinajstić information content (AvgIpc) is 3.35. The van der Waals surface area contributed by atoms with E-state index < -0.39 is 0 Å². The quantitative estimate of drug-likeness (QED) is 0.367. The number of benzene rings is 1. The van der Waals surface area contributed by atoms with Crippen molar-refractivity contribution in [2.24, 2.45) is 0 Å². The van der Waals surface area contributed by atoms with E-state index in [0.717, 1.165) is 39.5 Å². The van der Waals surface area contributed by atoms with E-state index in [0.29, 0.717) is 17.5 Å². The predicted octanol–water partition coefficient (Wildman–Crippen LogP) is 4.85. The van der Waals surface area contributed by atoms with E-state index in [1.165, 1.54) is 11.8 Å². The third-order valence-electron chi connectivity index (χ3n) is 3.98. The Kier molecular flexibility index (Phi) is 5.82. The lowest BCUT2D eigenvalue weighted by atomic mass is 10.2. The van der Waals surface area contributed by atoms with E-state index in [4.69, 9.17) is 4.52 Å². The van der Waals surface area contributed by atoms with Crippen molar-refractivity contribution in [2.45, 2.75) is 30.8 Å². The van der Waals surface area contributed by atoms with Crippen molar-refractivity contribution in [1.82, 2.24) is 29.9 Å². The molecule has 0 saturated carbocycles. The molecular weight excluding hydrogens is 440 g/mol. The first-order chi connectivity index (χ1) is 13.7. The summed E-state index contributed by atoms with van der Waals surface area (Å²) in [6.45, 7) is 2.97. The van der Waals surface area contributed by atoms with E-state index in [-0.39, 0.29) is 0 Å². The molecule has 4 aromatic rings. The predicted molar refractivity (Wildman–Crippen MR) is 111 cm³/mol. The van der Waals surface area contributed by atoms with Crippen LogP contribution in [0.4, 0.5) is 0 Å². The number of halogens is 1. The minimum Gasteiger partial charge on any atom is -0.338 e. The van der Waals surface area contributed by atoms with Crippen LogP contribution in [0.2, 0.25) is 0 Å². The summed E-state index contributed by atoms with van der Waals surface area (Å²) in [4.78, 5) is 8.56. The third-order valence-corrected chi connectivity index (χ3v) is 5.42. The maximum absolute atomic E-state index is 5.41. The van der Waals surface area contributed by atoms with Crippen LogP contribution in [-0.2, 0) is 12.3 Å². The van der Waals surface area contributed by atoms with E-state index in [2.05, 4.69) is 52.7 Å². The largest absolute Gasteiger partial charge is 0.338 e. The topological polar surface area (TPSA) is 82.5 Å². The van der Waals surface area contributed by atoms with E-state index in [1.807, 2.05) is 36.4 Å². The summed E-state index contributed by atoms with van der Waals surface area (Å²) >= 11 is 5.00. The zero-order valence-corrected chi connectivity index (χ0v) is 17.5. The highest BCUT2D eigenvalue weighted by Crippen LogP contribution is 2.27. The monoisotopic (exact) mass is 456 g/mol. The molecule has 142 valence electrons. The Balaban J connectivity index is 1.52. The highest BCUT2D eigenvalue weighted by Gasteiger charge is 2.16. The van der Waals surface area contributed by atoms with Gasteiger partial charge in [-0.3, -0.25) is 4.98 Å². The van der Waals surface area contributed by atoms with Gasteiger partial charge in [-0.2, -0.15) is 4.98 Å². The number of hydrogen-bond acceptors (Lipinski definition) is 7. The normalized spacial score (nSPS) is 11.1. The van der Waals surface area contributed by atoms with E-state index in [9.17, 15) is 0 Å². The Labute approximate surface area is 174 Å². The number of rotatable bonds is 7. The number of hydrogen-bond donors (Lipinski definition) is 0. The highest BCUT2D eigenvalue weighted by molar-refractivity contribution is 9.10. The Bertz CT molecular complexity index is 1070. The summed E-state index contributed by atoms with van der Waals surface area (Å²) in [5.41, 5.74) is 1.90. The molecule has 0 bridgehead atoms. The second-order valence-electron chi connectivity index (χ2n) is 6.00. The lowest BCUT2D eigenvalue weighted by Gasteiger charge is -2.07. The number of aromatic nitrogens is 6. The van der Waals surface area contributed by atoms with Gasteiger partial charge in [0.1, 0.15) is 0 Å². The Hall–Kier alpha value is -2.52. The summed E-state index contributed by atoms with van der Waals surface area (Å²) < 4.78 is 8.50. The second-order valence-corrected chi connectivity index (χ2v) is 7.86. The van der Waals surface area contributed by atoms with Gasteiger partial charge in [0.25, 0.3) is 0 Å². The molecule has 0 fully saturated rings. The standard InChI is InChI=1S/C19H17BrN6OS/c1-2-10-26-18(13-6-8-21-9-7-13)23-24-19(26)28-12-16-22-17(25-27-16)14-4-3-5-15(20)11-14/h3-9,11H,2,10,12H2,1H3. The van der Waals surface area contributed by atoms with Gasteiger partial charge in [0, 0.05) is 34.5 Å². The van der Waals surface area contributed by atoms with Crippen LogP contribution in [0, 0.1) is 0 Å². The van der Waals surface area contributed by atoms with Crippen LogP contribution in [0.5, 0.6) is 0 Å². The zero-order chi connectivity index (χ0) is 19.3. The van der Waals surface area contributed by atoms with Gasteiger partial charge in [-0.05, 0) is 30.7 Å². The molecule has 1 aromatic carbocycles. The minimum atomic E-state index is 0.527. The van der Waals surface area contributed by atoms with Crippen molar-refractivity contribution >= 4 is 27.7 Å². The van der Waals surface area contributed by atoms with Crippen molar-refractivity contribution < 1.29 is 4.52 Å². The van der Waals surface area contributed by atoms with Gasteiger partial charge in [0.2, 0.25) is 11.7 Å². The lowest BCUT2D eigenvalue weighted by Crippen LogP contribution is -2.02. The Morgan fingerprint density at radius 3 is 2.75 bits per heavy atom. The van der Waals surface area contributed by atoms with Crippen molar-refractivity contribution in [2.75, 3.05) is 0 Å². The van der Waals surface area contributed by atoms with Crippen LogP contribution in [0.25, 0.3) is 22.8 Å². The fraction of sp³-hybridized carbons (Fsp3) is 0.211. The van der Waals surface area contributed by atoms with Gasteiger partial charge >= 0.3 is 0 Å². The van der Waals surface area contributed by atoms with Gasteiger partial charge in [0.05, 0.1) is 5.75 Å². The van der Waals surface area contributed by atoms with E-state index >= 15 is 0 Å². The first-order valence-corrected chi connectivity index (χ1v) is 10.6. The van der Waals surface area contributed by atoms with Crippen molar-refractivity contribution in [3.05, 3.63) is 59.2 Å². The zero-order valence-electron chi connectivity index (χ0n) is 15.1. The molecule has 3 aromatic heterocycles. The van der Waals surface area contributed by atoms with Gasteiger partial charge in [-0.15, -0.1) is 10.2 Å². The molecule has 0 spiro atoms. The molecule has 0 saturated heterocycles. The smallest absolute Gasteiger partial charge is 0.237 e. The summed E-state index contributed by atoms with van der Waals surface area (Å²) in [7, 11) is 0. The van der Waals surface area contributed by atoms with Crippen LogP contribution >= 0.6 is 27.7 Å². The van der Waals surface area contributed by atoms with E-state index in [1.54, 1.807) is 12.4 Å². The first kappa shape index (κ1) is 18.8. The van der Waals surface area contributed by atoms with Crippen LogP contribution in [0.15, 0.2) is 62.9 Å². The number of pyridine rings is 1. The van der Waals surface area contributed by atoms with Gasteiger partial charge in [-0.1, -0.05) is 51.9 Å². The molecule has 0 N–H and O–H groups in total. The van der Waals surface area contributed by atoms with Crippen molar-refractivity contribution in [3.63, 3.8) is 0 Å². The molecule has 7 nitrogen and oxygen atoms in total. The molecule has 0 unspecified atom stereocenters. The average molecular weight is 457 g/mol. The number of nitrogens with zero attached hydrogens (tertiary/aromatic N) is 6. The molecular formula is C19H17BrN6OS. The fourth-order valence-electron chi connectivity index (χ4n) is 2.72. The summed E-state index contributed by atoms with van der Waals surface area (Å²) in [6.07, 6.45) is 4.50. The summed E-state index contributed by atoms with van der Waals surface area (Å²) in [5, 5.41) is 13.6. The molecule has 0 aliphatic rings. The fourth-order valence-corrected chi connectivity index (χ4v) is 3.92. The molecule has 9 heteroatoms. The molecule has 0 radical (unpaired) electrons. The van der Waals surface area contributed by atoms with Gasteiger partial charge < -0.3 is 9.09 Å².